The van der Waals surface area contributed by atoms with Crippen LogP contribution in [0.4, 0.5) is 9.93 Å². The minimum absolute atomic E-state index is 0.0636. The quantitative estimate of drug-likeness (QED) is 0.765. The largest absolute Gasteiger partial charge is 0.297 e. The normalized spacial score (nSPS) is 17.4. The number of aromatic nitrogens is 2. The number of anilines is 1. The Labute approximate surface area is 104 Å². The number of nitrogens with one attached hydrogen (secondary N) is 2. The molecule has 0 aromatic carbocycles. The second-order valence-corrected chi connectivity index (χ2v) is 5.16. The smallest absolute Gasteiger partial charge is 0.290 e. The molecule has 0 aliphatic carbocycles. The summed E-state index contributed by atoms with van der Waals surface area (Å²) in [5.74, 6) is -1.09. The van der Waals surface area contributed by atoms with Gasteiger partial charge in [-0.25, -0.2) is 0 Å². The highest BCUT2D eigenvalue weighted by Crippen LogP contribution is 2.23. The van der Waals surface area contributed by atoms with Crippen molar-refractivity contribution in [3.05, 3.63) is 16.0 Å². The number of amides is 3. The third-order valence-electron chi connectivity index (χ3n) is 1.66. The van der Waals surface area contributed by atoms with E-state index in [1.165, 1.54) is 11.3 Å². The molecule has 88 valence electrons. The second kappa shape index (κ2) is 4.63. The molecule has 1 fully saturated rings. The van der Waals surface area contributed by atoms with Crippen LogP contribution >= 0.6 is 23.1 Å². The van der Waals surface area contributed by atoms with Gasteiger partial charge in [0.25, 0.3) is 17.1 Å². The maximum atomic E-state index is 11.5. The fourth-order valence-electron chi connectivity index (χ4n) is 1.03. The van der Waals surface area contributed by atoms with Crippen LogP contribution in [0.3, 0.4) is 0 Å². The van der Waals surface area contributed by atoms with Crippen molar-refractivity contribution >= 4 is 45.3 Å². The van der Waals surface area contributed by atoms with Crippen molar-refractivity contribution in [2.75, 3.05) is 5.32 Å². The van der Waals surface area contributed by atoms with E-state index in [0.717, 1.165) is 11.1 Å². The van der Waals surface area contributed by atoms with Crippen molar-refractivity contribution < 1.29 is 14.4 Å². The van der Waals surface area contributed by atoms with Crippen LogP contribution in [0.15, 0.2) is 11.0 Å². The van der Waals surface area contributed by atoms with Crippen LogP contribution in [0.5, 0.6) is 0 Å². The molecule has 2 N–H and O–H groups in total. The molecule has 1 aliphatic rings. The zero-order chi connectivity index (χ0) is 12.4. The molecule has 0 saturated carbocycles. The van der Waals surface area contributed by atoms with Gasteiger partial charge in [0, 0.05) is 6.08 Å². The number of carbonyl (C=O) groups is 3. The van der Waals surface area contributed by atoms with Gasteiger partial charge in [-0.05, 0) is 18.7 Å². The van der Waals surface area contributed by atoms with Crippen LogP contribution < -0.4 is 10.6 Å². The highest BCUT2D eigenvalue weighted by Gasteiger charge is 2.26. The molecule has 1 saturated heterocycles. The predicted octanol–water partition coefficient (Wildman–Crippen LogP) is 0.652. The molecule has 1 aliphatic heterocycles. The molecule has 3 amide bonds. The number of nitrogens with zero attached hydrogens (tertiary/aromatic N) is 2. The van der Waals surface area contributed by atoms with Crippen LogP contribution in [0.2, 0.25) is 0 Å². The number of imide groups is 1. The lowest BCUT2D eigenvalue weighted by molar-refractivity contribution is -0.116. The summed E-state index contributed by atoms with van der Waals surface area (Å²) in [6.45, 7) is 1.75. The van der Waals surface area contributed by atoms with E-state index in [4.69, 9.17) is 0 Å². The molecule has 0 spiro atoms. The summed E-state index contributed by atoms with van der Waals surface area (Å²) in [4.78, 5) is 33.5. The maximum absolute atomic E-state index is 11.5. The number of aryl methyl sites for hydroxylation is 1. The lowest BCUT2D eigenvalue weighted by atomic mass is 10.4. The molecule has 17 heavy (non-hydrogen) atoms. The summed E-state index contributed by atoms with van der Waals surface area (Å²) in [5.41, 5.74) is 0. The summed E-state index contributed by atoms with van der Waals surface area (Å²) in [6.07, 6.45) is 1.06. The monoisotopic (exact) mass is 270 g/mol. The Morgan fingerprint density at radius 1 is 1.41 bits per heavy atom. The van der Waals surface area contributed by atoms with E-state index >= 15 is 0 Å². The Bertz CT molecular complexity index is 537. The molecule has 0 atom stereocenters. The number of carbonyl (C=O) groups excluding carboxylic acids is 3. The SMILES string of the molecule is Cc1nnc(NC(=O)/C=C2/SC(=O)NC2=O)s1. The summed E-state index contributed by atoms with van der Waals surface area (Å²) < 4.78 is 0. The van der Waals surface area contributed by atoms with Crippen molar-refractivity contribution in [3.63, 3.8) is 0 Å². The first-order valence-corrected chi connectivity index (χ1v) is 6.04. The van der Waals surface area contributed by atoms with Crippen LogP contribution in [0.25, 0.3) is 0 Å². The number of hydrogen-bond donors (Lipinski definition) is 2. The number of thioether (sulfide) groups is 1. The minimum atomic E-state index is -0.566. The molecular formula is C8H6N4O3S2. The number of hydrogen-bond acceptors (Lipinski definition) is 7. The van der Waals surface area contributed by atoms with Gasteiger partial charge in [0.05, 0.1) is 4.91 Å². The average Bonchev–Trinajstić information content (AvgIpc) is 2.74. The first-order chi connectivity index (χ1) is 8.04. The Morgan fingerprint density at radius 3 is 2.71 bits per heavy atom. The molecule has 1 aromatic heterocycles. The zero-order valence-corrected chi connectivity index (χ0v) is 10.1. The van der Waals surface area contributed by atoms with Gasteiger partial charge in [0.1, 0.15) is 5.01 Å². The van der Waals surface area contributed by atoms with Crippen LogP contribution in [-0.4, -0.2) is 27.3 Å². The van der Waals surface area contributed by atoms with Gasteiger partial charge in [-0.3, -0.25) is 25.0 Å². The fourth-order valence-corrected chi connectivity index (χ4v) is 2.28. The highest BCUT2D eigenvalue weighted by atomic mass is 32.2. The van der Waals surface area contributed by atoms with E-state index in [2.05, 4.69) is 20.8 Å². The van der Waals surface area contributed by atoms with Crippen molar-refractivity contribution in [3.8, 4) is 0 Å². The molecule has 9 heteroatoms. The molecule has 0 unspecified atom stereocenters. The van der Waals surface area contributed by atoms with Crippen molar-refractivity contribution in [2.24, 2.45) is 0 Å². The summed E-state index contributed by atoms with van der Waals surface area (Å²) in [6, 6.07) is 0. The minimum Gasteiger partial charge on any atom is -0.297 e. The van der Waals surface area contributed by atoms with E-state index in [0.29, 0.717) is 16.9 Å². The van der Waals surface area contributed by atoms with Gasteiger partial charge in [0.2, 0.25) is 5.13 Å². The maximum Gasteiger partial charge on any atom is 0.290 e. The third kappa shape index (κ3) is 2.88. The van der Waals surface area contributed by atoms with E-state index in [-0.39, 0.29) is 4.91 Å². The van der Waals surface area contributed by atoms with Gasteiger partial charge < -0.3 is 0 Å². The Kier molecular flexibility index (Phi) is 3.20. The molecule has 0 bridgehead atoms. The predicted molar refractivity (Wildman–Crippen MR) is 62.5 cm³/mol. The number of rotatable bonds is 2. The van der Waals surface area contributed by atoms with Gasteiger partial charge in [-0.2, -0.15) is 0 Å². The summed E-state index contributed by atoms with van der Waals surface area (Å²) in [5, 5.41) is 12.5. The molecular weight excluding hydrogens is 264 g/mol. The van der Waals surface area contributed by atoms with E-state index in [1.54, 1.807) is 6.92 Å². The summed E-state index contributed by atoms with van der Waals surface area (Å²) >= 11 is 1.90. The molecule has 1 aromatic rings. The fraction of sp³-hybridized carbons (Fsp3) is 0.125. The summed E-state index contributed by atoms with van der Waals surface area (Å²) in [7, 11) is 0. The Hall–Kier alpha value is -1.74. The first kappa shape index (κ1) is 11.7. The van der Waals surface area contributed by atoms with Crippen LogP contribution in [0, 0.1) is 6.92 Å². The lowest BCUT2D eigenvalue weighted by Crippen LogP contribution is -2.18. The van der Waals surface area contributed by atoms with Crippen molar-refractivity contribution in [2.45, 2.75) is 6.92 Å². The van der Waals surface area contributed by atoms with Gasteiger partial charge in [-0.15, -0.1) is 10.2 Å². The standard InChI is InChI=1S/C8H6N4O3S2/c1-3-11-12-7(16-3)9-5(13)2-4-6(14)10-8(15)17-4/h2H,1H3,(H,9,12,13)(H,10,14,15)/b4-2+. The molecule has 7 nitrogen and oxygen atoms in total. The van der Waals surface area contributed by atoms with E-state index < -0.39 is 17.1 Å². The van der Waals surface area contributed by atoms with E-state index in [9.17, 15) is 14.4 Å². The van der Waals surface area contributed by atoms with Crippen molar-refractivity contribution in [1.29, 1.82) is 0 Å². The van der Waals surface area contributed by atoms with Crippen LogP contribution in [0.1, 0.15) is 5.01 Å². The molecule has 2 rings (SSSR count). The topological polar surface area (TPSA) is 101 Å². The Morgan fingerprint density at radius 2 is 2.18 bits per heavy atom. The average molecular weight is 270 g/mol. The molecule has 2 heterocycles. The zero-order valence-electron chi connectivity index (χ0n) is 8.51. The first-order valence-electron chi connectivity index (χ1n) is 4.40. The second-order valence-electron chi connectivity index (χ2n) is 2.97. The van der Waals surface area contributed by atoms with Crippen LogP contribution in [-0.2, 0) is 9.59 Å². The lowest BCUT2D eigenvalue weighted by Gasteiger charge is -1.94. The van der Waals surface area contributed by atoms with Gasteiger partial charge in [-0.1, -0.05) is 11.3 Å². The third-order valence-corrected chi connectivity index (χ3v) is 3.23. The Balaban J connectivity index is 2.04. The van der Waals surface area contributed by atoms with Crippen molar-refractivity contribution in [1.82, 2.24) is 15.5 Å². The highest BCUT2D eigenvalue weighted by molar-refractivity contribution is 8.18. The molecule has 0 radical (unpaired) electrons. The van der Waals surface area contributed by atoms with Gasteiger partial charge in [0.15, 0.2) is 0 Å². The van der Waals surface area contributed by atoms with E-state index in [1.807, 2.05) is 0 Å². The van der Waals surface area contributed by atoms with Gasteiger partial charge >= 0.3 is 0 Å².